The quantitative estimate of drug-likeness (QED) is 0.440. The number of rotatable bonds is 7. The van der Waals surface area contributed by atoms with Crippen LogP contribution in [0.2, 0.25) is 0 Å². The highest BCUT2D eigenvalue weighted by Crippen LogP contribution is 2.22. The topological polar surface area (TPSA) is 120 Å². The summed E-state index contributed by atoms with van der Waals surface area (Å²) in [6.45, 7) is 4.04. The van der Waals surface area contributed by atoms with Crippen molar-refractivity contribution >= 4 is 23.2 Å². The van der Waals surface area contributed by atoms with Gasteiger partial charge in [-0.2, -0.15) is 5.10 Å². The molecule has 0 radical (unpaired) electrons. The van der Waals surface area contributed by atoms with Crippen LogP contribution in [0.5, 0.6) is 17.2 Å². The molecule has 0 aliphatic carbocycles. The van der Waals surface area contributed by atoms with E-state index < -0.39 is 5.91 Å². The van der Waals surface area contributed by atoms with E-state index in [-0.39, 0.29) is 29.4 Å². The van der Waals surface area contributed by atoms with Crippen molar-refractivity contribution in [1.29, 1.82) is 0 Å². The lowest BCUT2D eigenvalue weighted by Crippen LogP contribution is -2.21. The standard InChI is InChI=1S/C19H21N3O5/c1-3-27-15-7-4-13(5-8-15)20-18(25)10-12(2)21-22-19(26)16-9-6-14(23)11-17(16)24/h4-9,11,23-24H,3,10H2,1-2H3,(H,20,25)(H,22,26)/b21-12-. The molecule has 0 saturated heterocycles. The first kappa shape index (κ1) is 19.8. The van der Waals surface area contributed by atoms with Crippen LogP contribution in [0.15, 0.2) is 47.6 Å². The summed E-state index contributed by atoms with van der Waals surface area (Å²) in [4.78, 5) is 24.0. The highest BCUT2D eigenvalue weighted by molar-refractivity contribution is 6.06. The van der Waals surface area contributed by atoms with Gasteiger partial charge < -0.3 is 20.3 Å². The van der Waals surface area contributed by atoms with Gasteiger partial charge in [0.2, 0.25) is 5.91 Å². The Kier molecular flexibility index (Phi) is 6.76. The molecule has 0 saturated carbocycles. The normalized spacial score (nSPS) is 11.0. The van der Waals surface area contributed by atoms with Crippen LogP contribution < -0.4 is 15.5 Å². The number of hydrogen-bond donors (Lipinski definition) is 4. The number of hydrazone groups is 1. The van der Waals surface area contributed by atoms with E-state index in [0.29, 0.717) is 23.8 Å². The van der Waals surface area contributed by atoms with Gasteiger partial charge in [0, 0.05) is 17.5 Å². The summed E-state index contributed by atoms with van der Waals surface area (Å²) in [7, 11) is 0. The first-order valence-corrected chi connectivity index (χ1v) is 8.27. The highest BCUT2D eigenvalue weighted by Gasteiger charge is 2.11. The third-order valence-corrected chi connectivity index (χ3v) is 3.44. The first-order chi connectivity index (χ1) is 12.9. The van der Waals surface area contributed by atoms with Crippen molar-refractivity contribution in [2.75, 3.05) is 11.9 Å². The van der Waals surface area contributed by atoms with Gasteiger partial charge in [-0.1, -0.05) is 0 Å². The molecule has 0 bridgehead atoms. The van der Waals surface area contributed by atoms with E-state index >= 15 is 0 Å². The van der Waals surface area contributed by atoms with Crippen LogP contribution in [0.25, 0.3) is 0 Å². The van der Waals surface area contributed by atoms with Crippen molar-refractivity contribution < 1.29 is 24.5 Å². The van der Waals surface area contributed by atoms with E-state index in [1.54, 1.807) is 31.2 Å². The van der Waals surface area contributed by atoms with Gasteiger partial charge in [0.25, 0.3) is 5.91 Å². The molecular formula is C19H21N3O5. The van der Waals surface area contributed by atoms with Crippen LogP contribution in [-0.4, -0.2) is 34.3 Å². The third kappa shape index (κ3) is 6.03. The van der Waals surface area contributed by atoms with Crippen molar-refractivity contribution in [3.63, 3.8) is 0 Å². The van der Waals surface area contributed by atoms with E-state index in [1.807, 2.05) is 6.92 Å². The van der Waals surface area contributed by atoms with Crippen LogP contribution in [0.4, 0.5) is 5.69 Å². The number of anilines is 1. The molecule has 27 heavy (non-hydrogen) atoms. The lowest BCUT2D eigenvalue weighted by molar-refractivity contribution is -0.115. The maximum absolute atomic E-state index is 12.0. The van der Waals surface area contributed by atoms with Crippen LogP contribution >= 0.6 is 0 Å². The van der Waals surface area contributed by atoms with Crippen molar-refractivity contribution in [2.45, 2.75) is 20.3 Å². The van der Waals surface area contributed by atoms with E-state index in [2.05, 4.69) is 15.8 Å². The summed E-state index contributed by atoms with van der Waals surface area (Å²) in [6.07, 6.45) is -0.0188. The predicted molar refractivity (Wildman–Crippen MR) is 101 cm³/mol. The van der Waals surface area contributed by atoms with Crippen LogP contribution in [0.3, 0.4) is 0 Å². The molecule has 8 nitrogen and oxygen atoms in total. The third-order valence-electron chi connectivity index (χ3n) is 3.44. The molecule has 0 unspecified atom stereocenters. The maximum Gasteiger partial charge on any atom is 0.275 e. The van der Waals surface area contributed by atoms with Gasteiger partial charge in [0.15, 0.2) is 0 Å². The van der Waals surface area contributed by atoms with Crippen LogP contribution in [-0.2, 0) is 4.79 Å². The summed E-state index contributed by atoms with van der Waals surface area (Å²) in [5.74, 6) is -0.752. The lowest BCUT2D eigenvalue weighted by atomic mass is 10.2. The number of nitrogens with zero attached hydrogens (tertiary/aromatic N) is 1. The van der Waals surface area contributed by atoms with E-state index in [4.69, 9.17) is 4.74 Å². The monoisotopic (exact) mass is 371 g/mol. The number of carbonyl (C=O) groups is 2. The molecular weight excluding hydrogens is 350 g/mol. The zero-order valence-electron chi connectivity index (χ0n) is 15.0. The van der Waals surface area contributed by atoms with Crippen LogP contribution in [0.1, 0.15) is 30.6 Å². The second-order valence-electron chi connectivity index (χ2n) is 5.67. The van der Waals surface area contributed by atoms with Crippen molar-refractivity contribution in [3.05, 3.63) is 48.0 Å². The first-order valence-electron chi connectivity index (χ1n) is 8.27. The van der Waals surface area contributed by atoms with Crippen LogP contribution in [0, 0.1) is 0 Å². The van der Waals surface area contributed by atoms with Crippen molar-refractivity contribution in [1.82, 2.24) is 5.43 Å². The van der Waals surface area contributed by atoms with E-state index in [0.717, 1.165) is 6.07 Å². The Balaban J connectivity index is 1.88. The average Bonchev–Trinajstić information content (AvgIpc) is 2.61. The lowest BCUT2D eigenvalue weighted by Gasteiger charge is -2.07. The number of carbonyl (C=O) groups excluding carboxylic acids is 2. The number of amides is 2. The van der Waals surface area contributed by atoms with Gasteiger partial charge >= 0.3 is 0 Å². The van der Waals surface area contributed by atoms with Gasteiger partial charge in [0.05, 0.1) is 18.6 Å². The minimum Gasteiger partial charge on any atom is -0.508 e. The second-order valence-corrected chi connectivity index (χ2v) is 5.67. The Bertz CT molecular complexity index is 847. The second kappa shape index (κ2) is 9.23. The fraction of sp³-hybridized carbons (Fsp3) is 0.211. The fourth-order valence-electron chi connectivity index (χ4n) is 2.20. The van der Waals surface area contributed by atoms with Crippen molar-refractivity contribution in [3.8, 4) is 17.2 Å². The van der Waals surface area contributed by atoms with Gasteiger partial charge in [-0.05, 0) is 50.2 Å². The number of benzene rings is 2. The predicted octanol–water partition coefficient (Wildman–Crippen LogP) is 2.63. The molecule has 4 N–H and O–H groups in total. The van der Waals surface area contributed by atoms with Gasteiger partial charge in [-0.15, -0.1) is 0 Å². The zero-order chi connectivity index (χ0) is 19.8. The number of nitrogens with one attached hydrogen (secondary N) is 2. The summed E-state index contributed by atoms with van der Waals surface area (Å²) in [5, 5.41) is 25.4. The zero-order valence-corrected chi connectivity index (χ0v) is 15.0. The SMILES string of the molecule is CCOc1ccc(NC(=O)C/C(C)=N\NC(=O)c2ccc(O)cc2O)cc1. The average molecular weight is 371 g/mol. The summed E-state index contributed by atoms with van der Waals surface area (Å²) in [5.41, 5.74) is 3.22. The van der Waals surface area contributed by atoms with Gasteiger partial charge in [-0.3, -0.25) is 9.59 Å². The molecule has 0 fully saturated rings. The Hall–Kier alpha value is -3.55. The number of hydrogen-bond acceptors (Lipinski definition) is 6. The molecule has 0 atom stereocenters. The number of aromatic hydroxyl groups is 2. The summed E-state index contributed by atoms with van der Waals surface area (Å²) < 4.78 is 5.33. The maximum atomic E-state index is 12.0. The molecule has 2 rings (SSSR count). The Morgan fingerprint density at radius 3 is 2.44 bits per heavy atom. The molecule has 2 aromatic carbocycles. The molecule has 0 heterocycles. The molecule has 2 amide bonds. The van der Waals surface area contributed by atoms with E-state index in [9.17, 15) is 19.8 Å². The number of phenolic OH excluding ortho intramolecular Hbond substituents is 2. The molecule has 0 aromatic heterocycles. The molecule has 0 spiro atoms. The minimum absolute atomic E-state index is 0.0188. The smallest absolute Gasteiger partial charge is 0.275 e. The summed E-state index contributed by atoms with van der Waals surface area (Å²) in [6, 6.07) is 10.6. The molecule has 0 aliphatic heterocycles. The van der Waals surface area contributed by atoms with E-state index in [1.165, 1.54) is 12.1 Å². The number of phenols is 2. The van der Waals surface area contributed by atoms with Crippen molar-refractivity contribution in [2.24, 2.45) is 5.10 Å². The molecule has 142 valence electrons. The Morgan fingerprint density at radius 2 is 1.81 bits per heavy atom. The Labute approximate surface area is 156 Å². The molecule has 2 aromatic rings. The Morgan fingerprint density at radius 1 is 1.11 bits per heavy atom. The van der Waals surface area contributed by atoms with Gasteiger partial charge in [0.1, 0.15) is 17.2 Å². The largest absolute Gasteiger partial charge is 0.508 e. The minimum atomic E-state index is -0.654. The molecule has 0 aliphatic rings. The van der Waals surface area contributed by atoms with Gasteiger partial charge in [-0.25, -0.2) is 5.43 Å². The highest BCUT2D eigenvalue weighted by atomic mass is 16.5. The number of ether oxygens (including phenoxy) is 1. The fourth-order valence-corrected chi connectivity index (χ4v) is 2.20. The summed E-state index contributed by atoms with van der Waals surface area (Å²) >= 11 is 0. The molecule has 8 heteroatoms.